The Hall–Kier alpha value is -2.34. The molecule has 1 aromatic heterocycles. The van der Waals surface area contributed by atoms with Gasteiger partial charge in [-0.15, -0.1) is 0 Å². The highest BCUT2D eigenvalue weighted by Gasteiger charge is 2.38. The Bertz CT molecular complexity index is 800. The SMILES string of the molecule is CC(=O)SC1CCNC/C1=C\c1cnn(C(=O)OC(C)(C)C)c1.O=C(O)C(F)(F)F. The lowest BCUT2D eigenvalue weighted by molar-refractivity contribution is -0.192. The molecule has 1 aliphatic rings. The fourth-order valence-electron chi connectivity index (χ4n) is 2.28. The molecule has 0 spiro atoms. The second kappa shape index (κ2) is 10.6. The second-order valence-electron chi connectivity index (χ2n) is 7.28. The maximum absolute atomic E-state index is 12.0. The summed E-state index contributed by atoms with van der Waals surface area (Å²) in [6.07, 6.45) is 0.585. The minimum Gasteiger partial charge on any atom is -0.475 e. The first kappa shape index (κ1) is 25.7. The number of carboxylic acids is 1. The van der Waals surface area contributed by atoms with Gasteiger partial charge in [0.2, 0.25) is 0 Å². The van der Waals surface area contributed by atoms with Gasteiger partial charge in [0.25, 0.3) is 0 Å². The standard InChI is InChI=1S/C16H23N3O3S.C2HF3O2/c1-11(20)23-14-5-6-17-9-13(14)7-12-8-18-19(10-12)15(21)22-16(2,3)4;3-2(4,5)1(6)7/h7-8,10,14,17H,5-6,9H2,1-4H3;(H,6,7)/b13-7+;. The van der Waals surface area contributed by atoms with Crippen molar-refractivity contribution in [2.75, 3.05) is 13.1 Å². The van der Waals surface area contributed by atoms with Crippen LogP contribution in [0.4, 0.5) is 18.0 Å². The monoisotopic (exact) mass is 451 g/mol. The smallest absolute Gasteiger partial charge is 0.475 e. The average Bonchev–Trinajstić information content (AvgIpc) is 3.03. The molecule has 8 nitrogen and oxygen atoms in total. The Morgan fingerprint density at radius 1 is 1.33 bits per heavy atom. The van der Waals surface area contributed by atoms with Gasteiger partial charge >= 0.3 is 18.2 Å². The van der Waals surface area contributed by atoms with Gasteiger partial charge in [0, 0.05) is 30.5 Å². The highest BCUT2D eigenvalue weighted by molar-refractivity contribution is 8.14. The number of halogens is 3. The lowest BCUT2D eigenvalue weighted by Gasteiger charge is -2.24. The molecule has 2 N–H and O–H groups in total. The van der Waals surface area contributed by atoms with Crippen LogP contribution in [-0.4, -0.2) is 62.2 Å². The van der Waals surface area contributed by atoms with Crippen molar-refractivity contribution in [3.05, 3.63) is 23.5 Å². The van der Waals surface area contributed by atoms with E-state index in [1.165, 1.54) is 16.4 Å². The Labute approximate surface area is 175 Å². The van der Waals surface area contributed by atoms with Crippen molar-refractivity contribution in [2.24, 2.45) is 0 Å². The number of aromatic nitrogens is 2. The highest BCUT2D eigenvalue weighted by atomic mass is 32.2. The van der Waals surface area contributed by atoms with Gasteiger partial charge in [0.1, 0.15) is 5.60 Å². The van der Waals surface area contributed by atoms with Crippen molar-refractivity contribution in [1.29, 1.82) is 0 Å². The Morgan fingerprint density at radius 2 is 1.93 bits per heavy atom. The molecule has 0 aliphatic carbocycles. The Morgan fingerprint density at radius 3 is 2.43 bits per heavy atom. The van der Waals surface area contributed by atoms with E-state index < -0.39 is 23.8 Å². The van der Waals surface area contributed by atoms with Gasteiger partial charge in [-0.2, -0.15) is 23.0 Å². The number of thioether (sulfide) groups is 1. The molecule has 2 heterocycles. The lowest BCUT2D eigenvalue weighted by atomic mass is 10.0. The molecule has 0 aromatic carbocycles. The highest BCUT2D eigenvalue weighted by Crippen LogP contribution is 2.27. The first-order valence-electron chi connectivity index (χ1n) is 8.85. The Balaban J connectivity index is 0.000000553. The third-order valence-electron chi connectivity index (χ3n) is 3.41. The third kappa shape index (κ3) is 9.44. The van der Waals surface area contributed by atoms with Crippen LogP contribution in [-0.2, 0) is 14.3 Å². The molecule has 1 unspecified atom stereocenters. The van der Waals surface area contributed by atoms with Gasteiger partial charge in [0.15, 0.2) is 5.12 Å². The van der Waals surface area contributed by atoms with Crippen molar-refractivity contribution in [3.8, 4) is 0 Å². The van der Waals surface area contributed by atoms with Crippen LogP contribution >= 0.6 is 11.8 Å². The molecule has 2 rings (SSSR count). The largest absolute Gasteiger partial charge is 0.490 e. The van der Waals surface area contributed by atoms with Crippen LogP contribution < -0.4 is 5.32 Å². The van der Waals surface area contributed by atoms with Gasteiger partial charge in [0.05, 0.1) is 6.20 Å². The zero-order valence-corrected chi connectivity index (χ0v) is 17.8. The van der Waals surface area contributed by atoms with E-state index in [0.717, 1.165) is 30.6 Å². The molecule has 1 aliphatic heterocycles. The molecular weight excluding hydrogens is 427 g/mol. The molecule has 1 aromatic rings. The van der Waals surface area contributed by atoms with Crippen molar-refractivity contribution < 1.29 is 37.4 Å². The van der Waals surface area contributed by atoms with Gasteiger partial charge in [-0.1, -0.05) is 17.8 Å². The first-order chi connectivity index (χ1) is 13.7. The van der Waals surface area contributed by atoms with Crippen LogP contribution in [0, 0.1) is 0 Å². The fraction of sp³-hybridized carbons (Fsp3) is 0.556. The number of piperidine rings is 1. The van der Waals surface area contributed by atoms with Crippen molar-refractivity contribution in [3.63, 3.8) is 0 Å². The fourth-order valence-corrected chi connectivity index (χ4v) is 3.22. The number of hydrogen-bond donors (Lipinski definition) is 2. The minimum absolute atomic E-state index is 0.118. The predicted molar refractivity (Wildman–Crippen MR) is 105 cm³/mol. The summed E-state index contributed by atoms with van der Waals surface area (Å²) in [5.74, 6) is -2.76. The second-order valence-corrected chi connectivity index (χ2v) is 8.66. The minimum atomic E-state index is -5.08. The van der Waals surface area contributed by atoms with Crippen LogP contribution in [0.2, 0.25) is 0 Å². The number of carboxylic acid groups (broad SMARTS) is 1. The molecule has 168 valence electrons. The van der Waals surface area contributed by atoms with Crippen LogP contribution in [0.5, 0.6) is 0 Å². The van der Waals surface area contributed by atoms with E-state index in [-0.39, 0.29) is 10.4 Å². The topological polar surface area (TPSA) is 111 Å². The van der Waals surface area contributed by atoms with Crippen molar-refractivity contribution in [2.45, 2.75) is 51.1 Å². The summed E-state index contributed by atoms with van der Waals surface area (Å²) in [6.45, 7) is 8.67. The number of ether oxygens (including phenoxy) is 1. The molecule has 0 amide bonds. The Kier molecular flexibility index (Phi) is 9.09. The number of hydrogen-bond acceptors (Lipinski definition) is 7. The van der Waals surface area contributed by atoms with E-state index in [2.05, 4.69) is 10.4 Å². The lowest BCUT2D eigenvalue weighted by Crippen LogP contribution is -2.32. The molecular formula is C18H24F3N3O5S. The number of aliphatic carboxylic acids is 1. The summed E-state index contributed by atoms with van der Waals surface area (Å²) in [7, 11) is 0. The number of nitrogens with zero attached hydrogens (tertiary/aromatic N) is 2. The number of alkyl halides is 3. The van der Waals surface area contributed by atoms with Gasteiger partial charge in [-0.05, 0) is 39.3 Å². The molecule has 0 radical (unpaired) electrons. The maximum Gasteiger partial charge on any atom is 0.490 e. The summed E-state index contributed by atoms with van der Waals surface area (Å²) in [5, 5.41) is 14.8. The molecule has 30 heavy (non-hydrogen) atoms. The van der Waals surface area contributed by atoms with E-state index in [1.807, 2.05) is 26.8 Å². The normalized spacial score (nSPS) is 18.4. The quantitative estimate of drug-likeness (QED) is 0.705. The molecule has 1 fully saturated rings. The summed E-state index contributed by atoms with van der Waals surface area (Å²) < 4.78 is 38.2. The average molecular weight is 451 g/mol. The maximum atomic E-state index is 12.0. The van der Waals surface area contributed by atoms with Gasteiger partial charge in [-0.25, -0.2) is 9.59 Å². The van der Waals surface area contributed by atoms with Crippen molar-refractivity contribution in [1.82, 2.24) is 15.1 Å². The summed E-state index contributed by atoms with van der Waals surface area (Å²) in [5.41, 5.74) is 1.40. The van der Waals surface area contributed by atoms with Crippen molar-refractivity contribution >= 4 is 35.0 Å². The predicted octanol–water partition coefficient (Wildman–Crippen LogP) is 3.32. The first-order valence-corrected chi connectivity index (χ1v) is 9.73. The van der Waals surface area contributed by atoms with E-state index in [4.69, 9.17) is 14.6 Å². The summed E-state index contributed by atoms with van der Waals surface area (Å²) in [6, 6.07) is 0. The van der Waals surface area contributed by atoms with Gasteiger partial charge in [-0.3, -0.25) is 4.79 Å². The molecule has 0 bridgehead atoms. The third-order valence-corrected chi connectivity index (χ3v) is 4.57. The van der Waals surface area contributed by atoms with Crippen LogP contribution in [0.3, 0.4) is 0 Å². The zero-order valence-electron chi connectivity index (χ0n) is 16.9. The van der Waals surface area contributed by atoms with Crippen LogP contribution in [0.1, 0.15) is 39.7 Å². The van der Waals surface area contributed by atoms with E-state index in [1.54, 1.807) is 19.3 Å². The van der Waals surface area contributed by atoms with Crippen LogP contribution in [0.15, 0.2) is 18.0 Å². The number of nitrogens with one attached hydrogen (secondary N) is 1. The number of carbonyl (C=O) groups excluding carboxylic acids is 2. The van der Waals surface area contributed by atoms with E-state index >= 15 is 0 Å². The molecule has 0 saturated carbocycles. The summed E-state index contributed by atoms with van der Waals surface area (Å²) >= 11 is 1.36. The van der Waals surface area contributed by atoms with Gasteiger partial charge < -0.3 is 15.2 Å². The number of carbonyl (C=O) groups is 3. The number of rotatable bonds is 2. The molecule has 1 saturated heterocycles. The zero-order chi connectivity index (χ0) is 23.1. The van der Waals surface area contributed by atoms with E-state index in [0.29, 0.717) is 0 Å². The molecule has 1 atom stereocenters. The summed E-state index contributed by atoms with van der Waals surface area (Å²) in [4.78, 5) is 32.2. The van der Waals surface area contributed by atoms with E-state index in [9.17, 15) is 22.8 Å². The molecule has 12 heteroatoms. The van der Waals surface area contributed by atoms with Crippen LogP contribution in [0.25, 0.3) is 6.08 Å².